The molecule has 11 aromatic carbocycles. The summed E-state index contributed by atoms with van der Waals surface area (Å²) in [7, 11) is 0. The van der Waals surface area contributed by atoms with Crippen LogP contribution in [-0.2, 0) is 6.54 Å². The molecule has 0 radical (unpaired) electrons. The predicted octanol–water partition coefficient (Wildman–Crippen LogP) is 17.1. The average Bonchev–Trinajstić information content (AvgIpc) is 3.75. The fraction of sp³-hybridized carbons (Fsp3) is 0.0164. The molecule has 12 aromatic rings. The van der Waals surface area contributed by atoms with E-state index in [2.05, 4.69) is 241 Å². The summed E-state index contributed by atoms with van der Waals surface area (Å²) in [5.74, 6) is 0. The number of rotatable bonds is 8. The Kier molecular flexibility index (Phi) is 8.93. The third-order valence-corrected chi connectivity index (χ3v) is 12.8. The first kappa shape index (κ1) is 36.6. The maximum absolute atomic E-state index is 6.86. The van der Waals surface area contributed by atoms with Crippen LogP contribution < -0.4 is 4.90 Å². The Bertz CT molecular complexity index is 3630. The molecule has 1 heterocycles. The zero-order valence-electron chi connectivity index (χ0n) is 34.6. The molecule has 0 atom stereocenters. The maximum atomic E-state index is 6.86. The van der Waals surface area contributed by atoms with E-state index in [9.17, 15) is 0 Å². The van der Waals surface area contributed by atoms with E-state index < -0.39 is 0 Å². The van der Waals surface area contributed by atoms with Crippen LogP contribution in [0.4, 0.5) is 11.4 Å². The van der Waals surface area contributed by atoms with Crippen molar-refractivity contribution in [3.05, 3.63) is 242 Å². The molecule has 0 spiro atoms. The van der Waals surface area contributed by atoms with Crippen LogP contribution in [0, 0.1) is 0 Å². The Morgan fingerprint density at radius 2 is 0.762 bits per heavy atom. The van der Waals surface area contributed by atoms with E-state index >= 15 is 0 Å². The smallest absolute Gasteiger partial charge is 0.143 e. The molecule has 0 aliphatic heterocycles. The van der Waals surface area contributed by atoms with Gasteiger partial charge in [-0.1, -0.05) is 200 Å². The monoisotopic (exact) mass is 803 g/mol. The molecule has 2 nitrogen and oxygen atoms in total. The van der Waals surface area contributed by atoms with Crippen molar-refractivity contribution in [2.24, 2.45) is 0 Å². The molecule has 12 rings (SSSR count). The zero-order valence-corrected chi connectivity index (χ0v) is 34.6. The molecule has 1 aromatic heterocycles. The van der Waals surface area contributed by atoms with Crippen LogP contribution in [0.3, 0.4) is 0 Å². The van der Waals surface area contributed by atoms with Gasteiger partial charge in [0, 0.05) is 39.6 Å². The van der Waals surface area contributed by atoms with Crippen LogP contribution >= 0.6 is 0 Å². The van der Waals surface area contributed by atoms with Crippen molar-refractivity contribution in [3.63, 3.8) is 0 Å². The SMILES string of the molecule is c1ccc(-c2cccc3c2oc2c4ccccc4ccc32)c(CN(c2ccc(-c3ccc(-c4cccc5ccccc45)cc3)cc2)c2ccc(-c3ccc4ccccc4c3)cc2)c1. The normalized spacial score (nSPS) is 11.6. The van der Waals surface area contributed by atoms with Gasteiger partial charge in [0.25, 0.3) is 0 Å². The molecule has 0 saturated heterocycles. The molecular weight excluding hydrogens is 763 g/mol. The van der Waals surface area contributed by atoms with E-state index in [-0.39, 0.29) is 0 Å². The summed E-state index contributed by atoms with van der Waals surface area (Å²) in [5, 5.41) is 9.60. The van der Waals surface area contributed by atoms with E-state index in [0.717, 1.165) is 49.8 Å². The molecule has 0 saturated carbocycles. The van der Waals surface area contributed by atoms with Gasteiger partial charge in [0.05, 0.1) is 0 Å². The van der Waals surface area contributed by atoms with Crippen LogP contribution in [0.2, 0.25) is 0 Å². The Morgan fingerprint density at radius 3 is 1.52 bits per heavy atom. The largest absolute Gasteiger partial charge is 0.455 e. The van der Waals surface area contributed by atoms with Crippen LogP contribution in [0.5, 0.6) is 0 Å². The van der Waals surface area contributed by atoms with Gasteiger partial charge in [0.15, 0.2) is 0 Å². The highest BCUT2D eigenvalue weighted by Gasteiger charge is 2.19. The van der Waals surface area contributed by atoms with Gasteiger partial charge in [-0.2, -0.15) is 0 Å². The third kappa shape index (κ3) is 6.61. The van der Waals surface area contributed by atoms with Crippen LogP contribution in [0.1, 0.15) is 5.56 Å². The lowest BCUT2D eigenvalue weighted by atomic mass is 9.96. The highest BCUT2D eigenvalue weighted by atomic mass is 16.3. The van der Waals surface area contributed by atoms with E-state index in [1.54, 1.807) is 0 Å². The van der Waals surface area contributed by atoms with Crippen molar-refractivity contribution in [1.82, 2.24) is 0 Å². The quantitative estimate of drug-likeness (QED) is 0.152. The van der Waals surface area contributed by atoms with E-state index in [4.69, 9.17) is 4.42 Å². The number of benzene rings is 11. The fourth-order valence-corrected chi connectivity index (χ4v) is 9.52. The first-order valence-corrected chi connectivity index (χ1v) is 21.7. The van der Waals surface area contributed by atoms with Crippen molar-refractivity contribution >= 4 is 65.6 Å². The summed E-state index contributed by atoms with van der Waals surface area (Å²) in [4.78, 5) is 2.43. The first-order valence-electron chi connectivity index (χ1n) is 21.7. The van der Waals surface area contributed by atoms with E-state index in [0.29, 0.717) is 6.54 Å². The number of hydrogen-bond donors (Lipinski definition) is 0. The summed E-state index contributed by atoms with van der Waals surface area (Å²) in [6.07, 6.45) is 0. The van der Waals surface area contributed by atoms with Gasteiger partial charge >= 0.3 is 0 Å². The first-order chi connectivity index (χ1) is 31.2. The minimum atomic E-state index is 0.657. The van der Waals surface area contributed by atoms with E-state index in [1.165, 1.54) is 65.9 Å². The fourth-order valence-electron chi connectivity index (χ4n) is 9.52. The molecule has 0 bridgehead atoms. The molecule has 296 valence electrons. The number of para-hydroxylation sites is 1. The topological polar surface area (TPSA) is 16.4 Å². The van der Waals surface area contributed by atoms with Gasteiger partial charge in [-0.3, -0.25) is 0 Å². The maximum Gasteiger partial charge on any atom is 0.143 e. The third-order valence-electron chi connectivity index (χ3n) is 12.8. The Hall–Kier alpha value is -8.20. The molecule has 0 N–H and O–H groups in total. The second-order valence-electron chi connectivity index (χ2n) is 16.5. The summed E-state index contributed by atoms with van der Waals surface area (Å²) >= 11 is 0. The Morgan fingerprint density at radius 1 is 0.286 bits per heavy atom. The van der Waals surface area contributed by atoms with Crippen molar-refractivity contribution in [3.8, 4) is 44.5 Å². The number of furan rings is 1. The van der Waals surface area contributed by atoms with Gasteiger partial charge < -0.3 is 9.32 Å². The van der Waals surface area contributed by atoms with Crippen molar-refractivity contribution in [2.75, 3.05) is 4.90 Å². The minimum Gasteiger partial charge on any atom is -0.455 e. The van der Waals surface area contributed by atoms with Crippen LogP contribution in [-0.4, -0.2) is 0 Å². The molecule has 0 aliphatic carbocycles. The molecule has 0 amide bonds. The molecule has 63 heavy (non-hydrogen) atoms. The minimum absolute atomic E-state index is 0.657. The summed E-state index contributed by atoms with van der Waals surface area (Å²) in [6.45, 7) is 0.657. The molecular formula is C61H41NO. The Balaban J connectivity index is 0.924. The number of fused-ring (bicyclic) bond motifs is 7. The van der Waals surface area contributed by atoms with Crippen LogP contribution in [0.25, 0.3) is 98.8 Å². The van der Waals surface area contributed by atoms with Crippen LogP contribution in [0.15, 0.2) is 241 Å². The molecule has 0 aliphatic rings. The van der Waals surface area contributed by atoms with E-state index in [1.807, 2.05) is 0 Å². The highest BCUT2D eigenvalue weighted by molar-refractivity contribution is 6.17. The standard InChI is InChI=1S/C61H41NO/c1-2-14-48-39-49(28-25-41(48)11-1)44-31-36-52(37-32-44)62(51-34-29-43(30-35-51)42-23-26-47(27-24-42)54-20-9-16-45-12-3-6-17-53(45)54)40-50-15-5-7-18-55(50)57-21-10-22-58-59-38-33-46-13-4-8-19-56(46)60(59)63-61(57)58/h1-39H,40H2. The summed E-state index contributed by atoms with van der Waals surface area (Å²) in [5.41, 5.74) is 14.8. The number of hydrogen-bond acceptors (Lipinski definition) is 2. The lowest BCUT2D eigenvalue weighted by Gasteiger charge is -2.27. The molecule has 2 heteroatoms. The van der Waals surface area contributed by atoms with Gasteiger partial charge in [-0.05, 0) is 108 Å². The lowest BCUT2D eigenvalue weighted by molar-refractivity contribution is 0.673. The van der Waals surface area contributed by atoms with Gasteiger partial charge in [0.1, 0.15) is 11.2 Å². The second kappa shape index (κ2) is 15.4. The molecule has 0 unspecified atom stereocenters. The number of anilines is 2. The summed E-state index contributed by atoms with van der Waals surface area (Å²) < 4.78 is 6.86. The zero-order chi connectivity index (χ0) is 41.7. The Labute approximate surface area is 366 Å². The second-order valence-corrected chi connectivity index (χ2v) is 16.5. The number of nitrogens with zero attached hydrogens (tertiary/aromatic N) is 1. The van der Waals surface area contributed by atoms with Crippen molar-refractivity contribution < 1.29 is 4.42 Å². The van der Waals surface area contributed by atoms with Crippen molar-refractivity contribution in [1.29, 1.82) is 0 Å². The van der Waals surface area contributed by atoms with Gasteiger partial charge in [-0.15, -0.1) is 0 Å². The average molecular weight is 804 g/mol. The van der Waals surface area contributed by atoms with Gasteiger partial charge in [-0.25, -0.2) is 0 Å². The van der Waals surface area contributed by atoms with Gasteiger partial charge in [0.2, 0.25) is 0 Å². The highest BCUT2D eigenvalue weighted by Crippen LogP contribution is 2.41. The summed E-state index contributed by atoms with van der Waals surface area (Å²) in [6, 6.07) is 85.7. The van der Waals surface area contributed by atoms with Crippen molar-refractivity contribution in [2.45, 2.75) is 6.54 Å². The molecule has 0 fully saturated rings. The lowest BCUT2D eigenvalue weighted by Crippen LogP contribution is -2.17. The predicted molar refractivity (Wildman–Crippen MR) is 267 cm³/mol.